The van der Waals surface area contributed by atoms with E-state index >= 15 is 0 Å². The summed E-state index contributed by atoms with van der Waals surface area (Å²) in [6.07, 6.45) is 1.57. The largest absolute Gasteiger partial charge is 0.467 e. The second-order valence-corrected chi connectivity index (χ2v) is 13.8. The SMILES string of the molecule is CCC[C@H](NC(=O)[C@@H]1[C@@H]2[C@H](CN1C(=O)[C@@H](NC(=O)OC(C)(C)C)C(C)(C)C)C2(C)C)C(=O)C(=O)NCc1ccco1. The van der Waals surface area contributed by atoms with Gasteiger partial charge in [0.15, 0.2) is 0 Å². The lowest BCUT2D eigenvalue weighted by Crippen LogP contribution is -2.60. The van der Waals surface area contributed by atoms with Crippen LogP contribution in [-0.2, 0) is 30.5 Å². The molecular formula is C30H46N4O7. The summed E-state index contributed by atoms with van der Waals surface area (Å²) in [6.45, 7) is 17.1. The molecule has 1 aliphatic carbocycles. The van der Waals surface area contributed by atoms with Gasteiger partial charge >= 0.3 is 6.09 Å². The first-order valence-electron chi connectivity index (χ1n) is 14.3. The van der Waals surface area contributed by atoms with E-state index in [0.29, 0.717) is 18.7 Å². The molecule has 0 unspecified atom stereocenters. The number of alkyl carbamates (subject to hydrolysis) is 1. The number of carbonyl (C=O) groups excluding carboxylic acids is 5. The fourth-order valence-corrected chi connectivity index (χ4v) is 5.69. The van der Waals surface area contributed by atoms with Crippen molar-refractivity contribution in [2.24, 2.45) is 22.7 Å². The summed E-state index contributed by atoms with van der Waals surface area (Å²) in [5.41, 5.74) is -1.59. The number of furan rings is 1. The van der Waals surface area contributed by atoms with Crippen molar-refractivity contribution in [1.82, 2.24) is 20.9 Å². The number of fused-ring (bicyclic) bond motifs is 1. The van der Waals surface area contributed by atoms with Crippen LogP contribution in [0, 0.1) is 22.7 Å². The maximum absolute atomic E-state index is 14.0. The smallest absolute Gasteiger partial charge is 0.408 e. The first-order valence-corrected chi connectivity index (χ1v) is 14.3. The van der Waals surface area contributed by atoms with Gasteiger partial charge in [-0.25, -0.2) is 4.79 Å². The van der Waals surface area contributed by atoms with Crippen LogP contribution in [0.4, 0.5) is 4.79 Å². The van der Waals surface area contributed by atoms with Crippen LogP contribution in [0.5, 0.6) is 0 Å². The molecule has 3 N–H and O–H groups in total. The predicted octanol–water partition coefficient (Wildman–Crippen LogP) is 3.17. The molecule has 2 fully saturated rings. The maximum atomic E-state index is 14.0. The number of carbonyl (C=O) groups is 5. The van der Waals surface area contributed by atoms with Crippen LogP contribution in [0.2, 0.25) is 0 Å². The van der Waals surface area contributed by atoms with Crippen LogP contribution in [0.1, 0.15) is 80.9 Å². The van der Waals surface area contributed by atoms with Gasteiger partial charge in [-0.15, -0.1) is 0 Å². The average Bonchev–Trinajstić information content (AvgIpc) is 3.29. The lowest BCUT2D eigenvalue weighted by atomic mass is 9.85. The standard InChI is InChI=1S/C30H46N4O7/c1-10-12-19(22(35)25(37)31-15-17-13-11-14-40-17)32-24(36)21-20-18(30(20,8)9)16-34(21)26(38)23(28(2,3)4)33-27(39)41-29(5,6)7/h11,13-14,18-21,23H,10,12,15-16H2,1-9H3,(H,31,37)(H,32,36)(H,33,39)/t18-,19-,20-,21-,23+/m0/s1. The van der Waals surface area contributed by atoms with Gasteiger partial charge < -0.3 is 30.0 Å². The molecule has 0 radical (unpaired) electrons. The fraction of sp³-hybridized carbons (Fsp3) is 0.700. The van der Waals surface area contributed by atoms with Gasteiger partial charge in [-0.1, -0.05) is 48.0 Å². The highest BCUT2D eigenvalue weighted by Gasteiger charge is 2.70. The molecule has 1 saturated carbocycles. The number of nitrogens with zero attached hydrogens (tertiary/aromatic N) is 1. The molecule has 0 spiro atoms. The van der Waals surface area contributed by atoms with Crippen LogP contribution in [0.3, 0.4) is 0 Å². The minimum absolute atomic E-state index is 0.0477. The Morgan fingerprint density at radius 3 is 2.29 bits per heavy atom. The third kappa shape index (κ3) is 7.48. The molecule has 4 amide bonds. The number of piperidine rings is 1. The number of likely N-dealkylation sites (tertiary alicyclic amines) is 1. The first-order chi connectivity index (χ1) is 18.9. The van der Waals surface area contributed by atoms with Crippen molar-refractivity contribution in [2.75, 3.05) is 6.54 Å². The molecule has 3 rings (SSSR count). The predicted molar refractivity (Wildman–Crippen MR) is 151 cm³/mol. The minimum Gasteiger partial charge on any atom is -0.467 e. The Balaban J connectivity index is 1.78. The second-order valence-electron chi connectivity index (χ2n) is 13.8. The van der Waals surface area contributed by atoms with Crippen LogP contribution in [-0.4, -0.2) is 64.8 Å². The van der Waals surface area contributed by atoms with E-state index in [-0.39, 0.29) is 36.1 Å². The summed E-state index contributed by atoms with van der Waals surface area (Å²) < 4.78 is 10.6. The van der Waals surface area contributed by atoms with E-state index in [2.05, 4.69) is 29.8 Å². The van der Waals surface area contributed by atoms with Crippen molar-refractivity contribution in [3.05, 3.63) is 24.2 Å². The van der Waals surface area contributed by atoms with Crippen molar-refractivity contribution in [3.63, 3.8) is 0 Å². The average molecular weight is 575 g/mol. The molecule has 2 heterocycles. The summed E-state index contributed by atoms with van der Waals surface area (Å²) in [4.78, 5) is 67.6. The molecule has 2 aliphatic rings. The second kappa shape index (κ2) is 11.9. The van der Waals surface area contributed by atoms with Crippen molar-refractivity contribution < 1.29 is 33.1 Å². The van der Waals surface area contributed by atoms with Crippen LogP contribution < -0.4 is 16.0 Å². The van der Waals surface area contributed by atoms with Crippen LogP contribution >= 0.6 is 0 Å². The fourth-order valence-electron chi connectivity index (χ4n) is 5.69. The molecule has 11 heteroatoms. The molecule has 0 bridgehead atoms. The molecule has 41 heavy (non-hydrogen) atoms. The summed E-state index contributed by atoms with van der Waals surface area (Å²) in [7, 11) is 0. The van der Waals surface area contributed by atoms with E-state index in [4.69, 9.17) is 9.15 Å². The van der Waals surface area contributed by atoms with Gasteiger partial charge in [-0.3, -0.25) is 19.2 Å². The van der Waals surface area contributed by atoms with Crippen molar-refractivity contribution in [1.29, 1.82) is 0 Å². The lowest BCUT2D eigenvalue weighted by Gasteiger charge is -2.38. The number of amides is 4. The Hall–Kier alpha value is -3.37. The van der Waals surface area contributed by atoms with Gasteiger partial charge in [0.2, 0.25) is 17.6 Å². The maximum Gasteiger partial charge on any atom is 0.408 e. The molecule has 1 aromatic rings. The Morgan fingerprint density at radius 2 is 1.76 bits per heavy atom. The number of nitrogens with one attached hydrogen (secondary N) is 3. The highest BCUT2D eigenvalue weighted by molar-refractivity contribution is 6.38. The molecule has 1 aliphatic heterocycles. The number of ketones is 1. The van der Waals surface area contributed by atoms with E-state index in [1.165, 1.54) is 11.2 Å². The van der Waals surface area contributed by atoms with Gasteiger partial charge in [0.05, 0.1) is 18.8 Å². The zero-order valence-corrected chi connectivity index (χ0v) is 25.8. The molecule has 5 atom stereocenters. The number of rotatable bonds is 10. The number of Topliss-reactive ketones (excluding diaryl/α,β-unsaturated/α-hetero) is 1. The Morgan fingerprint density at radius 1 is 1.10 bits per heavy atom. The molecule has 1 aromatic heterocycles. The van der Waals surface area contributed by atoms with Crippen molar-refractivity contribution in [2.45, 2.75) is 105 Å². The first kappa shape index (κ1) is 32.1. The summed E-state index contributed by atoms with van der Waals surface area (Å²) in [6, 6.07) is 0.524. The van der Waals surface area contributed by atoms with Crippen molar-refractivity contribution >= 4 is 29.6 Å². The number of hydrogen-bond donors (Lipinski definition) is 3. The molecule has 228 valence electrons. The zero-order valence-electron chi connectivity index (χ0n) is 25.8. The number of hydrogen-bond acceptors (Lipinski definition) is 7. The highest BCUT2D eigenvalue weighted by atomic mass is 16.6. The molecular weight excluding hydrogens is 528 g/mol. The summed E-state index contributed by atoms with van der Waals surface area (Å²) >= 11 is 0. The van der Waals surface area contributed by atoms with Gasteiger partial charge in [0, 0.05) is 6.54 Å². The normalized spacial score (nSPS) is 22.7. The highest BCUT2D eigenvalue weighted by Crippen LogP contribution is 2.65. The van der Waals surface area contributed by atoms with Crippen LogP contribution in [0.25, 0.3) is 0 Å². The lowest BCUT2D eigenvalue weighted by molar-refractivity contribution is -0.145. The summed E-state index contributed by atoms with van der Waals surface area (Å²) in [5, 5.41) is 8.04. The van der Waals surface area contributed by atoms with Crippen molar-refractivity contribution in [3.8, 4) is 0 Å². The quantitative estimate of drug-likeness (QED) is 0.364. The molecule has 0 aromatic carbocycles. The number of ether oxygens (including phenoxy) is 1. The Labute approximate surface area is 242 Å². The summed E-state index contributed by atoms with van der Waals surface area (Å²) in [5.74, 6) is -1.96. The third-order valence-electron chi connectivity index (χ3n) is 7.97. The van der Waals surface area contributed by atoms with Crippen LogP contribution in [0.15, 0.2) is 22.8 Å². The van der Waals surface area contributed by atoms with E-state index in [0.717, 1.165) is 0 Å². The minimum atomic E-state index is -1.04. The Kier molecular flexibility index (Phi) is 9.30. The van der Waals surface area contributed by atoms with E-state index < -0.39 is 52.8 Å². The van der Waals surface area contributed by atoms with Gasteiger partial charge in [0.1, 0.15) is 23.4 Å². The van der Waals surface area contributed by atoms with Gasteiger partial charge in [-0.2, -0.15) is 0 Å². The van der Waals surface area contributed by atoms with E-state index in [1.807, 2.05) is 27.7 Å². The zero-order chi connectivity index (χ0) is 30.9. The molecule has 11 nitrogen and oxygen atoms in total. The monoisotopic (exact) mass is 574 g/mol. The third-order valence-corrected chi connectivity index (χ3v) is 7.97. The van der Waals surface area contributed by atoms with Gasteiger partial charge in [0.25, 0.3) is 5.91 Å². The topological polar surface area (TPSA) is 147 Å². The van der Waals surface area contributed by atoms with E-state index in [9.17, 15) is 24.0 Å². The van der Waals surface area contributed by atoms with E-state index in [1.54, 1.807) is 32.9 Å². The molecule has 1 saturated heterocycles. The Bertz CT molecular complexity index is 1150. The van der Waals surface area contributed by atoms with Gasteiger partial charge in [-0.05, 0) is 62.0 Å².